The second-order valence-corrected chi connectivity index (χ2v) is 8.54. The van der Waals surface area contributed by atoms with Gasteiger partial charge in [0.1, 0.15) is 11.5 Å². The van der Waals surface area contributed by atoms with E-state index in [-0.39, 0.29) is 12.1 Å². The second-order valence-electron chi connectivity index (χ2n) is 8.54. The summed E-state index contributed by atoms with van der Waals surface area (Å²) < 4.78 is 5.60. The average molecular weight is 424 g/mol. The molecule has 2 aromatic rings. The first kappa shape index (κ1) is 21.5. The Morgan fingerprint density at radius 2 is 1.74 bits per heavy atom. The molecule has 1 atom stereocenters. The molecular formula is C25H33N3O3. The van der Waals surface area contributed by atoms with Crippen LogP contribution in [-0.2, 0) is 0 Å². The number of phenolic OH excluding ortho intramolecular Hbond substituents is 1. The van der Waals surface area contributed by atoms with E-state index >= 15 is 0 Å². The van der Waals surface area contributed by atoms with Crippen molar-refractivity contribution < 1.29 is 14.6 Å². The van der Waals surface area contributed by atoms with Crippen molar-refractivity contribution in [3.8, 4) is 11.5 Å². The lowest BCUT2D eigenvalue weighted by atomic mass is 9.89. The van der Waals surface area contributed by atoms with E-state index in [2.05, 4.69) is 16.3 Å². The van der Waals surface area contributed by atoms with Crippen LogP contribution in [0.3, 0.4) is 0 Å². The molecule has 166 valence electrons. The Hall–Kier alpha value is -2.73. The van der Waals surface area contributed by atoms with Crippen LogP contribution in [0.5, 0.6) is 11.5 Å². The van der Waals surface area contributed by atoms with E-state index in [1.807, 2.05) is 35.2 Å². The van der Waals surface area contributed by atoms with Crippen molar-refractivity contribution >= 4 is 6.03 Å². The van der Waals surface area contributed by atoms with Crippen molar-refractivity contribution in [2.45, 2.75) is 37.6 Å². The Kier molecular flexibility index (Phi) is 6.97. The van der Waals surface area contributed by atoms with Crippen LogP contribution in [0.1, 0.15) is 48.8 Å². The summed E-state index contributed by atoms with van der Waals surface area (Å²) in [5, 5.41) is 12.7. The third-order valence-electron chi connectivity index (χ3n) is 6.67. The first-order valence-corrected chi connectivity index (χ1v) is 11.3. The summed E-state index contributed by atoms with van der Waals surface area (Å²) in [6, 6.07) is 15.7. The number of carbonyl (C=O) groups is 1. The largest absolute Gasteiger partial charge is 0.508 e. The van der Waals surface area contributed by atoms with Gasteiger partial charge in [-0.1, -0.05) is 30.3 Å². The van der Waals surface area contributed by atoms with Gasteiger partial charge in [-0.15, -0.1) is 0 Å². The van der Waals surface area contributed by atoms with E-state index in [1.54, 1.807) is 19.2 Å². The lowest BCUT2D eigenvalue weighted by molar-refractivity contribution is 0.173. The first-order chi connectivity index (χ1) is 15.2. The number of rotatable bonds is 6. The van der Waals surface area contributed by atoms with Crippen LogP contribution in [-0.4, -0.2) is 60.8 Å². The molecule has 2 aliphatic heterocycles. The van der Waals surface area contributed by atoms with Gasteiger partial charge in [0, 0.05) is 25.2 Å². The number of methoxy groups -OCH3 is 1. The molecular weight excluding hydrogens is 390 g/mol. The van der Waals surface area contributed by atoms with Crippen LogP contribution in [0.15, 0.2) is 48.5 Å². The number of para-hydroxylation sites is 1. The van der Waals surface area contributed by atoms with Crippen molar-refractivity contribution in [2.75, 3.05) is 39.8 Å². The molecule has 2 amide bonds. The molecule has 1 unspecified atom stereocenters. The Morgan fingerprint density at radius 1 is 1.06 bits per heavy atom. The monoisotopic (exact) mass is 423 g/mol. The first-order valence-electron chi connectivity index (χ1n) is 11.3. The number of piperidine rings is 1. The molecule has 31 heavy (non-hydrogen) atoms. The quantitative estimate of drug-likeness (QED) is 0.733. The van der Waals surface area contributed by atoms with E-state index in [9.17, 15) is 9.90 Å². The fraction of sp³-hybridized carbons (Fsp3) is 0.480. The molecule has 0 radical (unpaired) electrons. The zero-order chi connectivity index (χ0) is 21.6. The van der Waals surface area contributed by atoms with Gasteiger partial charge in [-0.05, 0) is 68.5 Å². The SMILES string of the molecule is COc1ccccc1C(CNC(=O)N1CCC(c2ccc(O)cc2)CC1)N1CCCC1. The number of hydrogen-bond donors (Lipinski definition) is 2. The lowest BCUT2D eigenvalue weighted by Crippen LogP contribution is -2.46. The Bertz CT molecular complexity index is 857. The summed E-state index contributed by atoms with van der Waals surface area (Å²) in [5.41, 5.74) is 2.38. The minimum Gasteiger partial charge on any atom is -0.508 e. The molecule has 0 spiro atoms. The number of likely N-dealkylation sites (tertiary alicyclic amines) is 2. The highest BCUT2D eigenvalue weighted by molar-refractivity contribution is 5.74. The summed E-state index contributed by atoms with van der Waals surface area (Å²) >= 11 is 0. The molecule has 2 fully saturated rings. The summed E-state index contributed by atoms with van der Waals surface area (Å²) in [6.45, 7) is 4.19. The van der Waals surface area contributed by atoms with E-state index in [1.165, 1.54) is 18.4 Å². The van der Waals surface area contributed by atoms with Gasteiger partial charge in [-0.3, -0.25) is 4.90 Å². The Balaban J connectivity index is 1.35. The summed E-state index contributed by atoms with van der Waals surface area (Å²) in [5.74, 6) is 1.61. The normalized spacial score (nSPS) is 18.7. The molecule has 2 aromatic carbocycles. The maximum atomic E-state index is 12.9. The molecule has 2 heterocycles. The van der Waals surface area contributed by atoms with Crippen molar-refractivity contribution in [3.05, 3.63) is 59.7 Å². The summed E-state index contributed by atoms with van der Waals surface area (Å²) in [7, 11) is 1.71. The molecule has 6 nitrogen and oxygen atoms in total. The second kappa shape index (κ2) is 10.1. The number of nitrogens with one attached hydrogen (secondary N) is 1. The minimum absolute atomic E-state index is 0.0169. The van der Waals surface area contributed by atoms with Gasteiger partial charge in [0.2, 0.25) is 0 Å². The topological polar surface area (TPSA) is 65.0 Å². The van der Waals surface area contributed by atoms with E-state index in [4.69, 9.17) is 4.74 Å². The van der Waals surface area contributed by atoms with Gasteiger partial charge in [-0.25, -0.2) is 4.79 Å². The zero-order valence-corrected chi connectivity index (χ0v) is 18.3. The third-order valence-corrected chi connectivity index (χ3v) is 6.67. The van der Waals surface area contributed by atoms with Crippen LogP contribution < -0.4 is 10.1 Å². The number of urea groups is 1. The van der Waals surface area contributed by atoms with Crippen molar-refractivity contribution in [2.24, 2.45) is 0 Å². The molecule has 0 aromatic heterocycles. The van der Waals surface area contributed by atoms with Gasteiger partial charge < -0.3 is 20.1 Å². The fourth-order valence-corrected chi connectivity index (χ4v) is 4.89. The molecule has 2 N–H and O–H groups in total. The van der Waals surface area contributed by atoms with Gasteiger partial charge in [0.15, 0.2) is 0 Å². The summed E-state index contributed by atoms with van der Waals surface area (Å²) in [6.07, 6.45) is 4.29. The number of nitrogens with zero attached hydrogens (tertiary/aromatic N) is 2. The highest BCUT2D eigenvalue weighted by atomic mass is 16.5. The van der Waals surface area contributed by atoms with Gasteiger partial charge in [0.25, 0.3) is 0 Å². The number of benzene rings is 2. The van der Waals surface area contributed by atoms with Gasteiger partial charge in [0.05, 0.1) is 13.2 Å². The van der Waals surface area contributed by atoms with Crippen LogP contribution in [0.25, 0.3) is 0 Å². The number of hydrogen-bond acceptors (Lipinski definition) is 4. The molecule has 0 aliphatic carbocycles. The van der Waals surface area contributed by atoms with Crippen molar-refractivity contribution in [1.29, 1.82) is 0 Å². The zero-order valence-electron chi connectivity index (χ0n) is 18.3. The van der Waals surface area contributed by atoms with Crippen LogP contribution >= 0.6 is 0 Å². The minimum atomic E-state index is 0.0169. The predicted octanol–water partition coefficient (Wildman–Crippen LogP) is 4.13. The molecule has 0 saturated carbocycles. The molecule has 2 saturated heterocycles. The molecule has 4 rings (SSSR count). The van der Waals surface area contributed by atoms with Crippen molar-refractivity contribution in [1.82, 2.24) is 15.1 Å². The fourth-order valence-electron chi connectivity index (χ4n) is 4.89. The maximum Gasteiger partial charge on any atom is 0.317 e. The number of aromatic hydroxyl groups is 1. The van der Waals surface area contributed by atoms with Crippen LogP contribution in [0.2, 0.25) is 0 Å². The summed E-state index contributed by atoms with van der Waals surface area (Å²) in [4.78, 5) is 17.3. The lowest BCUT2D eigenvalue weighted by Gasteiger charge is -2.34. The Labute approximate surface area is 184 Å². The maximum absolute atomic E-state index is 12.9. The van der Waals surface area contributed by atoms with E-state index in [0.717, 1.165) is 50.3 Å². The highest BCUT2D eigenvalue weighted by Crippen LogP contribution is 2.32. The van der Waals surface area contributed by atoms with E-state index < -0.39 is 0 Å². The standard InChI is InChI=1S/C25H33N3O3/c1-31-24-7-3-2-6-22(24)23(27-14-4-5-15-27)18-26-25(30)28-16-12-20(13-17-28)19-8-10-21(29)11-9-19/h2-3,6-11,20,23,29H,4-5,12-18H2,1H3,(H,26,30). The molecule has 0 bridgehead atoms. The highest BCUT2D eigenvalue weighted by Gasteiger charge is 2.28. The van der Waals surface area contributed by atoms with Crippen LogP contribution in [0, 0.1) is 0 Å². The smallest absolute Gasteiger partial charge is 0.317 e. The number of carbonyl (C=O) groups excluding carboxylic acids is 1. The number of phenols is 1. The predicted molar refractivity (Wildman–Crippen MR) is 122 cm³/mol. The van der Waals surface area contributed by atoms with E-state index in [0.29, 0.717) is 18.2 Å². The van der Waals surface area contributed by atoms with Gasteiger partial charge in [-0.2, -0.15) is 0 Å². The van der Waals surface area contributed by atoms with Crippen molar-refractivity contribution in [3.63, 3.8) is 0 Å². The average Bonchev–Trinajstić information content (AvgIpc) is 3.35. The molecule has 6 heteroatoms. The van der Waals surface area contributed by atoms with Crippen LogP contribution in [0.4, 0.5) is 4.79 Å². The van der Waals surface area contributed by atoms with Gasteiger partial charge >= 0.3 is 6.03 Å². The number of amides is 2. The Morgan fingerprint density at radius 3 is 2.42 bits per heavy atom. The third kappa shape index (κ3) is 5.13. The molecule has 2 aliphatic rings. The number of ether oxygens (including phenoxy) is 1.